The topological polar surface area (TPSA) is 54.5 Å². The van der Waals surface area contributed by atoms with Crippen LogP contribution in [0.5, 0.6) is 0 Å². The maximum absolute atomic E-state index is 12.8. The van der Waals surface area contributed by atoms with Gasteiger partial charge < -0.3 is 15.0 Å². The molecule has 5 nitrogen and oxygen atoms in total. The van der Waals surface area contributed by atoms with Crippen molar-refractivity contribution in [3.05, 3.63) is 29.6 Å². The Morgan fingerprint density at radius 1 is 1.50 bits per heavy atom. The Balaban J connectivity index is 1.66. The average molecular weight is 343 g/mol. The minimum Gasteiger partial charge on any atom is -0.384 e. The van der Waals surface area contributed by atoms with Crippen molar-refractivity contribution in [1.29, 1.82) is 0 Å². The zero-order chi connectivity index (χ0) is 17.4. The summed E-state index contributed by atoms with van der Waals surface area (Å²) in [7, 11) is 1.57. The molecule has 0 aliphatic carbocycles. The Morgan fingerprint density at radius 2 is 2.25 bits per heavy atom. The van der Waals surface area contributed by atoms with E-state index < -0.39 is 17.2 Å². The molecule has 3 rings (SSSR count). The summed E-state index contributed by atoms with van der Waals surface area (Å²) in [6, 6.07) is 2.04. The van der Waals surface area contributed by atoms with Crippen molar-refractivity contribution in [2.24, 2.45) is 5.41 Å². The van der Waals surface area contributed by atoms with Crippen LogP contribution in [0.2, 0.25) is 0 Å². The number of methoxy groups -OCH3 is 1. The molecule has 132 valence electrons. The van der Waals surface area contributed by atoms with Gasteiger partial charge in [0.15, 0.2) is 0 Å². The molecule has 2 fully saturated rings. The Labute approximate surface area is 138 Å². The summed E-state index contributed by atoms with van der Waals surface area (Å²) < 4.78 is 43.6. The number of ether oxygens (including phenoxy) is 1. The van der Waals surface area contributed by atoms with E-state index in [0.717, 1.165) is 18.7 Å². The lowest BCUT2D eigenvalue weighted by molar-refractivity contribution is -0.149. The van der Waals surface area contributed by atoms with E-state index >= 15 is 0 Å². The number of carbonyl (C=O) groups excluding carboxylic acids is 1. The Bertz CT molecular complexity index is 609. The van der Waals surface area contributed by atoms with Crippen LogP contribution in [-0.4, -0.2) is 55.7 Å². The molecule has 1 aromatic rings. The molecular weight excluding hydrogens is 323 g/mol. The van der Waals surface area contributed by atoms with E-state index in [1.807, 2.05) is 0 Å². The van der Waals surface area contributed by atoms with Gasteiger partial charge in [-0.05, 0) is 25.1 Å². The van der Waals surface area contributed by atoms with Gasteiger partial charge in [-0.2, -0.15) is 13.2 Å². The highest BCUT2D eigenvalue weighted by molar-refractivity contribution is 5.84. The summed E-state index contributed by atoms with van der Waals surface area (Å²) in [5.74, 6) is -0.136. The first-order chi connectivity index (χ1) is 11.4. The normalized spacial score (nSPS) is 24.9. The second kappa shape index (κ2) is 6.33. The molecule has 1 amide bonds. The molecule has 1 aromatic heterocycles. The summed E-state index contributed by atoms with van der Waals surface area (Å²) in [6.07, 6.45) is -2.49. The van der Waals surface area contributed by atoms with Crippen LogP contribution in [0.15, 0.2) is 18.3 Å². The minimum absolute atomic E-state index is 0.0116. The van der Waals surface area contributed by atoms with Gasteiger partial charge in [0.25, 0.3) is 0 Å². The zero-order valence-corrected chi connectivity index (χ0v) is 13.4. The van der Waals surface area contributed by atoms with Crippen LogP contribution in [0, 0.1) is 5.41 Å². The highest BCUT2D eigenvalue weighted by Crippen LogP contribution is 2.36. The molecule has 0 aromatic carbocycles. The van der Waals surface area contributed by atoms with Gasteiger partial charge in [-0.25, -0.2) is 0 Å². The fourth-order valence-electron chi connectivity index (χ4n) is 3.40. The molecule has 3 heterocycles. The number of carbonyl (C=O) groups is 1. The lowest BCUT2D eigenvalue weighted by Gasteiger charge is -2.43. The predicted molar refractivity (Wildman–Crippen MR) is 80.4 cm³/mol. The first kappa shape index (κ1) is 17.2. The van der Waals surface area contributed by atoms with E-state index in [9.17, 15) is 18.0 Å². The second-order valence-corrected chi connectivity index (χ2v) is 6.51. The van der Waals surface area contributed by atoms with Gasteiger partial charge in [-0.3, -0.25) is 9.78 Å². The number of amides is 1. The number of hydrogen-bond donors (Lipinski definition) is 1. The highest BCUT2D eigenvalue weighted by Gasteiger charge is 2.47. The molecule has 0 saturated carbocycles. The average Bonchev–Trinajstić information content (AvgIpc) is 2.95. The molecule has 0 radical (unpaired) electrons. The fourth-order valence-corrected chi connectivity index (χ4v) is 3.40. The third-order valence-electron chi connectivity index (χ3n) is 4.81. The lowest BCUT2D eigenvalue weighted by Crippen LogP contribution is -2.56. The summed E-state index contributed by atoms with van der Waals surface area (Å²) in [6.45, 7) is 2.49. The third kappa shape index (κ3) is 3.12. The maximum atomic E-state index is 12.8. The van der Waals surface area contributed by atoms with Crippen LogP contribution in [0.25, 0.3) is 0 Å². The smallest absolute Gasteiger partial charge is 0.384 e. The largest absolute Gasteiger partial charge is 0.416 e. The number of halogens is 3. The van der Waals surface area contributed by atoms with Crippen LogP contribution in [0.4, 0.5) is 13.2 Å². The molecule has 2 aliphatic rings. The molecule has 8 heteroatoms. The number of hydrogen-bond acceptors (Lipinski definition) is 4. The van der Waals surface area contributed by atoms with Crippen LogP contribution < -0.4 is 5.32 Å². The van der Waals surface area contributed by atoms with E-state index in [0.29, 0.717) is 38.4 Å². The van der Waals surface area contributed by atoms with Crippen molar-refractivity contribution >= 4 is 5.91 Å². The van der Waals surface area contributed by atoms with E-state index in [1.54, 1.807) is 12.0 Å². The quantitative estimate of drug-likeness (QED) is 0.903. The van der Waals surface area contributed by atoms with Gasteiger partial charge in [0.1, 0.15) is 0 Å². The first-order valence-corrected chi connectivity index (χ1v) is 7.88. The SMILES string of the molecule is COCC1(C(=O)N2CC(c3cc(C(F)(F)F)ccn3)C2)CCNC1. The summed E-state index contributed by atoms with van der Waals surface area (Å²) in [5, 5.41) is 3.18. The van der Waals surface area contributed by atoms with E-state index in [4.69, 9.17) is 4.74 Å². The number of aromatic nitrogens is 1. The number of rotatable bonds is 4. The van der Waals surface area contributed by atoms with Crippen LogP contribution in [-0.2, 0) is 15.7 Å². The van der Waals surface area contributed by atoms with Crippen molar-refractivity contribution in [2.75, 3.05) is 39.9 Å². The van der Waals surface area contributed by atoms with Crippen molar-refractivity contribution in [1.82, 2.24) is 15.2 Å². The number of likely N-dealkylation sites (tertiary alicyclic amines) is 1. The van der Waals surface area contributed by atoms with Gasteiger partial charge in [-0.15, -0.1) is 0 Å². The third-order valence-corrected chi connectivity index (χ3v) is 4.81. The van der Waals surface area contributed by atoms with Crippen molar-refractivity contribution < 1.29 is 22.7 Å². The highest BCUT2D eigenvalue weighted by atomic mass is 19.4. The molecule has 24 heavy (non-hydrogen) atoms. The molecule has 2 aliphatic heterocycles. The number of nitrogens with zero attached hydrogens (tertiary/aromatic N) is 2. The van der Waals surface area contributed by atoms with Crippen LogP contribution >= 0.6 is 0 Å². The van der Waals surface area contributed by atoms with E-state index in [-0.39, 0.29) is 11.8 Å². The van der Waals surface area contributed by atoms with E-state index in [2.05, 4.69) is 10.3 Å². The summed E-state index contributed by atoms with van der Waals surface area (Å²) >= 11 is 0. The lowest BCUT2D eigenvalue weighted by atomic mass is 9.83. The number of nitrogens with one attached hydrogen (secondary N) is 1. The molecule has 1 unspecified atom stereocenters. The van der Waals surface area contributed by atoms with Gasteiger partial charge in [0, 0.05) is 44.6 Å². The van der Waals surface area contributed by atoms with Crippen molar-refractivity contribution in [3.8, 4) is 0 Å². The van der Waals surface area contributed by atoms with Crippen LogP contribution in [0.1, 0.15) is 23.6 Å². The van der Waals surface area contributed by atoms with Crippen molar-refractivity contribution in [2.45, 2.75) is 18.5 Å². The number of pyridine rings is 1. The summed E-state index contributed by atoms with van der Waals surface area (Å²) in [4.78, 5) is 18.5. The molecule has 1 atom stereocenters. The second-order valence-electron chi connectivity index (χ2n) is 6.51. The maximum Gasteiger partial charge on any atom is 0.416 e. The molecule has 1 N–H and O–H groups in total. The van der Waals surface area contributed by atoms with Gasteiger partial charge in [-0.1, -0.05) is 0 Å². The monoisotopic (exact) mass is 343 g/mol. The molecule has 0 spiro atoms. The minimum atomic E-state index is -4.38. The Kier molecular flexibility index (Phi) is 4.52. The van der Waals surface area contributed by atoms with Crippen LogP contribution in [0.3, 0.4) is 0 Å². The van der Waals surface area contributed by atoms with E-state index in [1.165, 1.54) is 6.20 Å². The molecule has 0 bridgehead atoms. The van der Waals surface area contributed by atoms with Crippen molar-refractivity contribution in [3.63, 3.8) is 0 Å². The van der Waals surface area contributed by atoms with Gasteiger partial charge >= 0.3 is 6.18 Å². The standard InChI is InChI=1S/C16H20F3N3O2/c1-24-10-15(3-5-20-9-15)14(23)22-7-11(8-22)13-6-12(2-4-21-13)16(17,18)19/h2,4,6,11,20H,3,5,7-10H2,1H3. The Hall–Kier alpha value is -1.67. The number of alkyl halides is 3. The molecular formula is C16H20F3N3O2. The Morgan fingerprint density at radius 3 is 2.83 bits per heavy atom. The van der Waals surface area contributed by atoms with Gasteiger partial charge in [0.2, 0.25) is 5.91 Å². The molecule has 2 saturated heterocycles. The van der Waals surface area contributed by atoms with Gasteiger partial charge in [0.05, 0.1) is 17.6 Å². The summed E-state index contributed by atoms with van der Waals surface area (Å²) in [5.41, 5.74) is -0.867. The fraction of sp³-hybridized carbons (Fsp3) is 0.625. The first-order valence-electron chi connectivity index (χ1n) is 7.88. The zero-order valence-electron chi connectivity index (χ0n) is 13.4. The predicted octanol–water partition coefficient (Wildman–Crippen LogP) is 1.65.